The number of benzene rings is 1. The van der Waals surface area contributed by atoms with Crippen molar-refractivity contribution in [3.05, 3.63) is 30.1 Å². The number of hydrogen-bond acceptors (Lipinski definition) is 4. The van der Waals surface area contributed by atoms with Gasteiger partial charge in [0.05, 0.1) is 11.0 Å². The lowest BCUT2D eigenvalue weighted by atomic mass is 10.1. The third kappa shape index (κ3) is 2.52. The molecule has 0 amide bonds. The molecular formula is C14H18N4O2. The lowest BCUT2D eigenvalue weighted by molar-refractivity contribution is 0.148. The minimum absolute atomic E-state index is 0.639. The van der Waals surface area contributed by atoms with Crippen LogP contribution in [0.15, 0.2) is 24.5 Å². The van der Waals surface area contributed by atoms with Crippen LogP contribution in [-0.2, 0) is 6.54 Å². The van der Waals surface area contributed by atoms with E-state index in [4.69, 9.17) is 5.11 Å². The van der Waals surface area contributed by atoms with Gasteiger partial charge in [-0.2, -0.15) is 0 Å². The first kappa shape index (κ1) is 13.1. The molecule has 0 unspecified atom stereocenters. The zero-order chi connectivity index (χ0) is 14.1. The van der Waals surface area contributed by atoms with Crippen molar-refractivity contribution >= 4 is 17.1 Å². The molecule has 1 aliphatic rings. The van der Waals surface area contributed by atoms with Crippen LogP contribution in [0.5, 0.6) is 0 Å². The molecule has 6 heteroatoms. The second-order valence-electron chi connectivity index (χ2n) is 5.30. The fraction of sp³-hybridized carbons (Fsp3) is 0.429. The van der Waals surface area contributed by atoms with E-state index in [1.807, 2.05) is 18.2 Å². The number of likely N-dealkylation sites (N-methyl/N-ethyl adjacent to an activating group) is 1. The Morgan fingerprint density at radius 1 is 1.30 bits per heavy atom. The lowest BCUT2D eigenvalue weighted by Gasteiger charge is -2.32. The molecule has 6 nitrogen and oxygen atoms in total. The van der Waals surface area contributed by atoms with Crippen molar-refractivity contribution in [2.45, 2.75) is 6.54 Å². The lowest BCUT2D eigenvalue weighted by Crippen LogP contribution is -2.43. The number of hydrogen-bond donors (Lipinski definition) is 1. The average Bonchev–Trinajstić information content (AvgIpc) is 2.84. The predicted molar refractivity (Wildman–Crippen MR) is 75.9 cm³/mol. The molecule has 1 saturated heterocycles. The van der Waals surface area contributed by atoms with Crippen LogP contribution in [-0.4, -0.2) is 63.8 Å². The summed E-state index contributed by atoms with van der Waals surface area (Å²) in [5.74, 6) is 0. The van der Waals surface area contributed by atoms with Gasteiger partial charge in [-0.1, -0.05) is 6.07 Å². The molecule has 0 atom stereocenters. The maximum atomic E-state index is 11.0. The molecule has 1 aromatic heterocycles. The number of carbonyl (C=O) groups is 1. The van der Waals surface area contributed by atoms with Gasteiger partial charge >= 0.3 is 6.09 Å². The van der Waals surface area contributed by atoms with E-state index in [0.717, 1.165) is 42.8 Å². The first-order chi connectivity index (χ1) is 9.63. The second kappa shape index (κ2) is 5.22. The Morgan fingerprint density at radius 2 is 2.05 bits per heavy atom. The summed E-state index contributed by atoms with van der Waals surface area (Å²) in [6.45, 7) is 5.21. The number of aromatic nitrogens is 2. The van der Waals surface area contributed by atoms with Crippen LogP contribution in [0.3, 0.4) is 0 Å². The molecule has 1 aromatic carbocycles. The van der Waals surface area contributed by atoms with E-state index >= 15 is 0 Å². The molecule has 1 N–H and O–H groups in total. The molecule has 3 rings (SSSR count). The second-order valence-corrected chi connectivity index (χ2v) is 5.30. The number of nitrogens with zero attached hydrogens (tertiary/aromatic N) is 4. The van der Waals surface area contributed by atoms with Crippen molar-refractivity contribution < 1.29 is 9.90 Å². The Bertz CT molecular complexity index is 629. The van der Waals surface area contributed by atoms with Crippen molar-refractivity contribution in [1.29, 1.82) is 0 Å². The summed E-state index contributed by atoms with van der Waals surface area (Å²) in [7, 11) is 2.14. The largest absolute Gasteiger partial charge is 0.464 e. The van der Waals surface area contributed by atoms with Gasteiger partial charge in [0, 0.05) is 32.7 Å². The van der Waals surface area contributed by atoms with Gasteiger partial charge in [0.1, 0.15) is 6.33 Å². The number of imidazole rings is 1. The maximum Gasteiger partial charge on any atom is 0.417 e. The standard InChI is InChI=1S/C14H18N4O2/c1-16-4-6-17(7-5-16)9-11-2-3-13-12(8-11)15-10-18(13)14(19)20/h2-3,8,10H,4-7,9H2,1H3,(H,19,20). The van der Waals surface area contributed by atoms with Gasteiger partial charge < -0.3 is 10.0 Å². The van der Waals surface area contributed by atoms with Crippen LogP contribution >= 0.6 is 0 Å². The van der Waals surface area contributed by atoms with Crippen LogP contribution in [0.25, 0.3) is 11.0 Å². The minimum Gasteiger partial charge on any atom is -0.464 e. The van der Waals surface area contributed by atoms with Crippen LogP contribution in [0, 0.1) is 0 Å². The average molecular weight is 274 g/mol. The zero-order valence-corrected chi connectivity index (χ0v) is 11.5. The molecule has 0 aliphatic carbocycles. The number of rotatable bonds is 2. The normalized spacial score (nSPS) is 17.6. The monoisotopic (exact) mass is 274 g/mol. The van der Waals surface area contributed by atoms with Gasteiger partial charge in [0.25, 0.3) is 0 Å². The molecule has 0 spiro atoms. The molecular weight excluding hydrogens is 256 g/mol. The van der Waals surface area contributed by atoms with Crippen LogP contribution < -0.4 is 0 Å². The number of piperazine rings is 1. The van der Waals surface area contributed by atoms with E-state index in [0.29, 0.717) is 5.52 Å². The highest BCUT2D eigenvalue weighted by atomic mass is 16.4. The van der Waals surface area contributed by atoms with E-state index in [-0.39, 0.29) is 0 Å². The van der Waals surface area contributed by atoms with Crippen LogP contribution in [0.4, 0.5) is 4.79 Å². The summed E-state index contributed by atoms with van der Waals surface area (Å²) in [6.07, 6.45) is 0.353. The summed E-state index contributed by atoms with van der Waals surface area (Å²) in [4.78, 5) is 19.9. The highest BCUT2D eigenvalue weighted by Gasteiger charge is 2.15. The van der Waals surface area contributed by atoms with E-state index in [2.05, 4.69) is 21.8 Å². The molecule has 2 aromatic rings. The Kier molecular flexibility index (Phi) is 3.42. The van der Waals surface area contributed by atoms with E-state index in [1.165, 1.54) is 11.9 Å². The van der Waals surface area contributed by atoms with Gasteiger partial charge in [-0.25, -0.2) is 14.3 Å². The molecule has 106 valence electrons. The van der Waals surface area contributed by atoms with Gasteiger partial charge in [-0.05, 0) is 24.7 Å². The molecule has 20 heavy (non-hydrogen) atoms. The molecule has 1 fully saturated rings. The fourth-order valence-electron chi connectivity index (χ4n) is 2.57. The highest BCUT2D eigenvalue weighted by Crippen LogP contribution is 2.16. The van der Waals surface area contributed by atoms with Gasteiger partial charge in [0.15, 0.2) is 0 Å². The summed E-state index contributed by atoms with van der Waals surface area (Å²) in [6, 6.07) is 5.80. The van der Waals surface area contributed by atoms with E-state index in [1.54, 1.807) is 0 Å². The van der Waals surface area contributed by atoms with Crippen LogP contribution in [0.1, 0.15) is 5.56 Å². The maximum absolute atomic E-state index is 11.0. The first-order valence-corrected chi connectivity index (χ1v) is 6.73. The topological polar surface area (TPSA) is 61.6 Å². The van der Waals surface area contributed by atoms with Gasteiger partial charge in [-0.15, -0.1) is 0 Å². The SMILES string of the molecule is CN1CCN(Cc2ccc3c(c2)ncn3C(=O)O)CC1. The van der Waals surface area contributed by atoms with E-state index in [9.17, 15) is 4.79 Å². The Labute approximate surface area is 117 Å². The third-order valence-corrected chi connectivity index (χ3v) is 3.82. The quantitative estimate of drug-likeness (QED) is 0.894. The van der Waals surface area contributed by atoms with Crippen molar-refractivity contribution in [2.75, 3.05) is 33.2 Å². The number of fused-ring (bicyclic) bond motifs is 1. The predicted octanol–water partition coefficient (Wildman–Crippen LogP) is 1.31. The van der Waals surface area contributed by atoms with Gasteiger partial charge in [0.2, 0.25) is 0 Å². The van der Waals surface area contributed by atoms with Gasteiger partial charge in [-0.3, -0.25) is 4.90 Å². The molecule has 1 aliphatic heterocycles. The summed E-state index contributed by atoms with van der Waals surface area (Å²) < 4.78 is 1.15. The first-order valence-electron chi connectivity index (χ1n) is 6.73. The molecule has 2 heterocycles. The summed E-state index contributed by atoms with van der Waals surface area (Å²) in [5.41, 5.74) is 2.55. The summed E-state index contributed by atoms with van der Waals surface area (Å²) in [5, 5.41) is 9.04. The van der Waals surface area contributed by atoms with Crippen LogP contribution in [0.2, 0.25) is 0 Å². The zero-order valence-electron chi connectivity index (χ0n) is 11.5. The summed E-state index contributed by atoms with van der Waals surface area (Å²) >= 11 is 0. The third-order valence-electron chi connectivity index (χ3n) is 3.82. The van der Waals surface area contributed by atoms with Crippen molar-refractivity contribution in [1.82, 2.24) is 19.4 Å². The minimum atomic E-state index is -1.00. The highest BCUT2D eigenvalue weighted by molar-refractivity contribution is 5.85. The molecule has 0 bridgehead atoms. The Morgan fingerprint density at radius 3 is 2.75 bits per heavy atom. The smallest absolute Gasteiger partial charge is 0.417 e. The Balaban J connectivity index is 1.78. The fourth-order valence-corrected chi connectivity index (χ4v) is 2.57. The molecule has 0 saturated carbocycles. The molecule has 0 radical (unpaired) electrons. The van der Waals surface area contributed by atoms with Crippen molar-refractivity contribution in [3.8, 4) is 0 Å². The number of carboxylic acid groups (broad SMARTS) is 1. The van der Waals surface area contributed by atoms with Crippen molar-refractivity contribution in [2.24, 2.45) is 0 Å². The van der Waals surface area contributed by atoms with Crippen molar-refractivity contribution in [3.63, 3.8) is 0 Å². The Hall–Kier alpha value is -1.92. The van der Waals surface area contributed by atoms with E-state index < -0.39 is 6.09 Å².